The summed E-state index contributed by atoms with van der Waals surface area (Å²) in [6.07, 6.45) is 1.65. The second-order valence-electron chi connectivity index (χ2n) is 6.32. The van der Waals surface area contributed by atoms with E-state index in [1.807, 2.05) is 43.3 Å². The molecular formula is C22H30N4O2. The maximum Gasteiger partial charge on any atom is 0.262 e. The molecule has 1 amide bonds. The van der Waals surface area contributed by atoms with Crippen molar-refractivity contribution in [2.24, 2.45) is 5.10 Å². The van der Waals surface area contributed by atoms with Gasteiger partial charge < -0.3 is 15.0 Å². The fourth-order valence-electron chi connectivity index (χ4n) is 2.76. The molecule has 0 heterocycles. The Bertz CT molecular complexity index is 753. The number of hydrogen-bond donors (Lipinski definition) is 2. The minimum Gasteiger partial charge on any atom is -0.494 e. The van der Waals surface area contributed by atoms with Crippen LogP contribution in [0.2, 0.25) is 0 Å². The first-order chi connectivity index (χ1) is 13.6. The lowest BCUT2D eigenvalue weighted by Crippen LogP contribution is -2.34. The third kappa shape index (κ3) is 6.30. The molecule has 0 aromatic heterocycles. The molecule has 2 N–H and O–H groups in total. The van der Waals surface area contributed by atoms with Crippen molar-refractivity contribution in [1.29, 1.82) is 0 Å². The molecule has 0 aliphatic heterocycles. The SMILES string of the molecule is CCOc1ccc(N[C@H](C)C(=O)N/N=C\c2ccc(N(CC)CC)cc2)cc1. The lowest BCUT2D eigenvalue weighted by atomic mass is 10.2. The van der Waals surface area contributed by atoms with E-state index >= 15 is 0 Å². The largest absolute Gasteiger partial charge is 0.494 e. The molecule has 0 saturated heterocycles. The van der Waals surface area contributed by atoms with Gasteiger partial charge in [0, 0.05) is 24.5 Å². The molecule has 0 aliphatic rings. The highest BCUT2D eigenvalue weighted by Crippen LogP contribution is 2.16. The third-order valence-electron chi connectivity index (χ3n) is 4.35. The molecule has 6 nitrogen and oxygen atoms in total. The van der Waals surface area contributed by atoms with Crippen LogP contribution in [0.1, 0.15) is 33.3 Å². The van der Waals surface area contributed by atoms with Crippen molar-refractivity contribution in [2.75, 3.05) is 29.9 Å². The molecule has 0 fully saturated rings. The van der Waals surface area contributed by atoms with E-state index in [0.29, 0.717) is 6.61 Å². The molecule has 6 heteroatoms. The minimum absolute atomic E-state index is 0.204. The Balaban J connectivity index is 1.84. The topological polar surface area (TPSA) is 66.0 Å². The number of ether oxygens (including phenoxy) is 1. The first kappa shape index (κ1) is 21.3. The van der Waals surface area contributed by atoms with E-state index in [9.17, 15) is 4.79 Å². The number of rotatable bonds is 10. The van der Waals surface area contributed by atoms with Crippen LogP contribution in [0, 0.1) is 0 Å². The summed E-state index contributed by atoms with van der Waals surface area (Å²) in [5, 5.41) is 7.20. The van der Waals surface area contributed by atoms with Crippen LogP contribution >= 0.6 is 0 Å². The van der Waals surface area contributed by atoms with Crippen LogP contribution in [0.4, 0.5) is 11.4 Å². The number of carbonyl (C=O) groups excluding carboxylic acids is 1. The van der Waals surface area contributed by atoms with E-state index in [-0.39, 0.29) is 5.91 Å². The Hall–Kier alpha value is -3.02. The van der Waals surface area contributed by atoms with E-state index < -0.39 is 6.04 Å². The van der Waals surface area contributed by atoms with Crippen LogP contribution in [0.5, 0.6) is 5.75 Å². The Morgan fingerprint density at radius 3 is 2.29 bits per heavy atom. The molecule has 0 radical (unpaired) electrons. The molecule has 0 saturated carbocycles. The van der Waals surface area contributed by atoms with E-state index in [1.54, 1.807) is 13.1 Å². The van der Waals surface area contributed by atoms with E-state index in [4.69, 9.17) is 4.74 Å². The zero-order valence-corrected chi connectivity index (χ0v) is 17.1. The van der Waals surface area contributed by atoms with Crippen LogP contribution in [0.25, 0.3) is 0 Å². The second-order valence-corrected chi connectivity index (χ2v) is 6.32. The van der Waals surface area contributed by atoms with Gasteiger partial charge in [0.05, 0.1) is 12.8 Å². The second kappa shape index (κ2) is 11.0. The first-order valence-electron chi connectivity index (χ1n) is 9.74. The fourth-order valence-corrected chi connectivity index (χ4v) is 2.76. The molecule has 0 spiro atoms. The smallest absolute Gasteiger partial charge is 0.262 e. The van der Waals surface area contributed by atoms with Gasteiger partial charge in [-0.2, -0.15) is 5.10 Å². The Morgan fingerprint density at radius 1 is 1.07 bits per heavy atom. The van der Waals surface area contributed by atoms with Crippen molar-refractivity contribution >= 4 is 23.5 Å². The number of carbonyl (C=O) groups is 1. The van der Waals surface area contributed by atoms with Crippen LogP contribution < -0.4 is 20.4 Å². The van der Waals surface area contributed by atoms with Crippen LogP contribution in [-0.4, -0.2) is 37.9 Å². The molecule has 2 aromatic carbocycles. The molecule has 1 atom stereocenters. The number of nitrogens with one attached hydrogen (secondary N) is 2. The van der Waals surface area contributed by atoms with E-state index in [0.717, 1.165) is 30.1 Å². The fraction of sp³-hybridized carbons (Fsp3) is 0.364. The highest BCUT2D eigenvalue weighted by Gasteiger charge is 2.11. The molecule has 0 unspecified atom stereocenters. The molecule has 0 aliphatic carbocycles. The van der Waals surface area contributed by atoms with Gasteiger partial charge in [0.2, 0.25) is 0 Å². The van der Waals surface area contributed by atoms with Gasteiger partial charge in [0.1, 0.15) is 11.8 Å². The predicted molar refractivity (Wildman–Crippen MR) is 116 cm³/mol. The predicted octanol–water partition coefficient (Wildman–Crippen LogP) is 3.88. The van der Waals surface area contributed by atoms with Crippen molar-refractivity contribution < 1.29 is 9.53 Å². The van der Waals surface area contributed by atoms with Gasteiger partial charge in [-0.25, -0.2) is 5.43 Å². The van der Waals surface area contributed by atoms with Crippen LogP contribution in [0.15, 0.2) is 53.6 Å². The maximum atomic E-state index is 12.2. The van der Waals surface area contributed by atoms with Crippen molar-refractivity contribution in [3.8, 4) is 5.75 Å². The summed E-state index contributed by atoms with van der Waals surface area (Å²) >= 11 is 0. The lowest BCUT2D eigenvalue weighted by Gasteiger charge is -2.20. The summed E-state index contributed by atoms with van der Waals surface area (Å²) in [6, 6.07) is 15.2. The maximum absolute atomic E-state index is 12.2. The highest BCUT2D eigenvalue weighted by atomic mass is 16.5. The van der Waals surface area contributed by atoms with Crippen molar-refractivity contribution in [3.05, 3.63) is 54.1 Å². The summed E-state index contributed by atoms with van der Waals surface area (Å²) in [6.45, 7) is 10.6. The van der Waals surface area contributed by atoms with Crippen molar-refractivity contribution in [2.45, 2.75) is 33.7 Å². The first-order valence-corrected chi connectivity index (χ1v) is 9.74. The Morgan fingerprint density at radius 2 is 1.71 bits per heavy atom. The number of hydrogen-bond acceptors (Lipinski definition) is 5. The standard InChI is InChI=1S/C22H30N4O2/c1-5-26(6-2)20-12-8-18(9-13-20)16-23-25-22(27)17(4)24-19-10-14-21(15-11-19)28-7-3/h8-17,24H,5-7H2,1-4H3,(H,25,27)/b23-16-/t17-/m1/s1. The van der Waals surface area contributed by atoms with Gasteiger partial charge in [0.15, 0.2) is 0 Å². The number of hydrazone groups is 1. The van der Waals surface area contributed by atoms with Gasteiger partial charge >= 0.3 is 0 Å². The summed E-state index contributed by atoms with van der Waals surface area (Å²) in [7, 11) is 0. The molecule has 150 valence electrons. The number of benzene rings is 2. The highest BCUT2D eigenvalue weighted by molar-refractivity contribution is 5.86. The van der Waals surface area contributed by atoms with Gasteiger partial charge in [-0.05, 0) is 69.7 Å². The monoisotopic (exact) mass is 382 g/mol. The van der Waals surface area contributed by atoms with Gasteiger partial charge in [-0.15, -0.1) is 0 Å². The average Bonchev–Trinajstić information content (AvgIpc) is 2.71. The van der Waals surface area contributed by atoms with Crippen LogP contribution in [-0.2, 0) is 4.79 Å². The molecular weight excluding hydrogens is 352 g/mol. The molecule has 0 bridgehead atoms. The van der Waals surface area contributed by atoms with Gasteiger partial charge in [-0.1, -0.05) is 12.1 Å². The summed E-state index contributed by atoms with van der Waals surface area (Å²) in [4.78, 5) is 14.5. The van der Waals surface area contributed by atoms with Crippen molar-refractivity contribution in [1.82, 2.24) is 5.43 Å². The summed E-state index contributed by atoms with van der Waals surface area (Å²) < 4.78 is 5.41. The zero-order chi connectivity index (χ0) is 20.4. The zero-order valence-electron chi connectivity index (χ0n) is 17.1. The summed E-state index contributed by atoms with van der Waals surface area (Å²) in [5.74, 6) is 0.603. The van der Waals surface area contributed by atoms with Gasteiger partial charge in [-0.3, -0.25) is 4.79 Å². The number of nitrogens with zero attached hydrogens (tertiary/aromatic N) is 2. The molecule has 2 rings (SSSR count). The normalized spacial score (nSPS) is 11.9. The van der Waals surface area contributed by atoms with Crippen molar-refractivity contribution in [3.63, 3.8) is 0 Å². The van der Waals surface area contributed by atoms with E-state index in [1.165, 1.54) is 5.69 Å². The minimum atomic E-state index is -0.417. The quantitative estimate of drug-likeness (QED) is 0.483. The Kier molecular flexibility index (Phi) is 8.34. The lowest BCUT2D eigenvalue weighted by molar-refractivity contribution is -0.121. The third-order valence-corrected chi connectivity index (χ3v) is 4.35. The summed E-state index contributed by atoms with van der Waals surface area (Å²) in [5.41, 5.74) is 5.54. The number of anilines is 2. The number of amides is 1. The van der Waals surface area contributed by atoms with E-state index in [2.05, 4.69) is 46.7 Å². The van der Waals surface area contributed by atoms with Gasteiger partial charge in [0.25, 0.3) is 5.91 Å². The molecule has 2 aromatic rings. The van der Waals surface area contributed by atoms with Crippen LogP contribution in [0.3, 0.4) is 0 Å². The Labute approximate surface area is 167 Å². The molecule has 28 heavy (non-hydrogen) atoms. The average molecular weight is 383 g/mol.